The number of nitrogens with zero attached hydrogens (tertiary/aromatic N) is 1. The predicted molar refractivity (Wildman–Crippen MR) is 87.4 cm³/mol. The largest absolute Gasteiger partial charge is 0.493 e. The smallest absolute Gasteiger partial charge is 0.220 e. The summed E-state index contributed by atoms with van der Waals surface area (Å²) in [7, 11) is 0. The van der Waals surface area contributed by atoms with Crippen molar-refractivity contribution in [3.63, 3.8) is 0 Å². The van der Waals surface area contributed by atoms with Crippen LogP contribution in [0.5, 0.6) is 0 Å². The lowest BCUT2D eigenvalue weighted by molar-refractivity contribution is -0.139. The maximum Gasteiger partial charge on any atom is 0.220 e. The SMILES string of the molecule is C=C(OCc1ccccc1)[C@H]1CN(C(C)=O)[C@H](C=O)CC12CC2. The monoisotopic (exact) mass is 313 g/mol. The fourth-order valence-electron chi connectivity index (χ4n) is 3.69. The molecule has 0 N–H and O–H groups in total. The van der Waals surface area contributed by atoms with Crippen LogP contribution in [-0.2, 0) is 20.9 Å². The van der Waals surface area contributed by atoms with E-state index in [-0.39, 0.29) is 23.3 Å². The number of ether oxygens (including phenoxy) is 1. The van der Waals surface area contributed by atoms with Gasteiger partial charge >= 0.3 is 0 Å². The molecule has 1 heterocycles. The molecule has 4 heteroatoms. The fourth-order valence-corrected chi connectivity index (χ4v) is 3.69. The number of carbonyl (C=O) groups excluding carboxylic acids is 2. The highest BCUT2D eigenvalue weighted by Crippen LogP contribution is 2.60. The molecule has 0 bridgehead atoms. The summed E-state index contributed by atoms with van der Waals surface area (Å²) in [5.74, 6) is 0.798. The molecule has 2 aliphatic rings. The van der Waals surface area contributed by atoms with Crippen molar-refractivity contribution in [1.29, 1.82) is 0 Å². The Balaban J connectivity index is 1.69. The second kappa shape index (κ2) is 6.19. The molecule has 1 aliphatic heterocycles. The average Bonchev–Trinajstić information content (AvgIpc) is 3.32. The molecule has 1 amide bonds. The number of amides is 1. The lowest BCUT2D eigenvalue weighted by Gasteiger charge is -2.42. The molecule has 1 saturated heterocycles. The third-order valence-corrected chi connectivity index (χ3v) is 5.24. The van der Waals surface area contributed by atoms with Gasteiger partial charge in [0, 0.05) is 19.4 Å². The molecule has 1 spiro atoms. The Bertz CT molecular complexity index is 606. The normalized spacial score (nSPS) is 25.0. The van der Waals surface area contributed by atoms with E-state index in [1.807, 2.05) is 30.3 Å². The van der Waals surface area contributed by atoms with Gasteiger partial charge in [-0.15, -0.1) is 0 Å². The van der Waals surface area contributed by atoms with E-state index in [4.69, 9.17) is 4.74 Å². The Labute approximate surface area is 137 Å². The lowest BCUT2D eigenvalue weighted by atomic mass is 9.78. The molecular formula is C19H23NO3. The van der Waals surface area contributed by atoms with Crippen molar-refractivity contribution >= 4 is 12.2 Å². The zero-order chi connectivity index (χ0) is 16.4. The van der Waals surface area contributed by atoms with Crippen molar-refractivity contribution in [3.8, 4) is 0 Å². The van der Waals surface area contributed by atoms with E-state index in [2.05, 4.69) is 6.58 Å². The molecule has 1 aliphatic carbocycles. The van der Waals surface area contributed by atoms with Gasteiger partial charge in [-0.3, -0.25) is 4.79 Å². The first-order valence-electron chi connectivity index (χ1n) is 8.14. The van der Waals surface area contributed by atoms with E-state index < -0.39 is 0 Å². The Hall–Kier alpha value is -2.10. The molecule has 0 unspecified atom stereocenters. The molecule has 4 nitrogen and oxygen atoms in total. The standard InChI is InChI=1S/C19H23NO3/c1-14(23-13-16-6-4-3-5-7-16)18-11-20(15(2)22)17(12-21)10-19(18)8-9-19/h3-7,12,17-18H,1,8-11,13H2,2H3/t17-,18+/m0/s1. The van der Waals surface area contributed by atoms with E-state index in [1.165, 1.54) is 6.92 Å². The number of benzene rings is 1. The second-order valence-corrected chi connectivity index (χ2v) is 6.73. The Morgan fingerprint density at radius 3 is 2.65 bits per heavy atom. The van der Waals surface area contributed by atoms with Crippen LogP contribution < -0.4 is 0 Å². The zero-order valence-electron chi connectivity index (χ0n) is 13.5. The summed E-state index contributed by atoms with van der Waals surface area (Å²) >= 11 is 0. The van der Waals surface area contributed by atoms with E-state index in [1.54, 1.807) is 4.90 Å². The van der Waals surface area contributed by atoms with E-state index >= 15 is 0 Å². The first kappa shape index (κ1) is 15.8. The topological polar surface area (TPSA) is 46.6 Å². The Morgan fingerprint density at radius 1 is 1.39 bits per heavy atom. The van der Waals surface area contributed by atoms with Gasteiger partial charge in [0.15, 0.2) is 0 Å². The van der Waals surface area contributed by atoms with Crippen LogP contribution in [0, 0.1) is 11.3 Å². The minimum absolute atomic E-state index is 0.0570. The van der Waals surface area contributed by atoms with Crippen LogP contribution in [0.2, 0.25) is 0 Å². The van der Waals surface area contributed by atoms with Gasteiger partial charge in [0.05, 0.1) is 11.8 Å². The highest BCUT2D eigenvalue weighted by Gasteiger charge is 2.56. The molecule has 122 valence electrons. The van der Waals surface area contributed by atoms with E-state index in [0.717, 1.165) is 36.9 Å². The molecular weight excluding hydrogens is 290 g/mol. The molecule has 1 aromatic carbocycles. The van der Waals surface area contributed by atoms with Gasteiger partial charge in [-0.05, 0) is 30.2 Å². The minimum Gasteiger partial charge on any atom is -0.493 e. The summed E-state index contributed by atoms with van der Waals surface area (Å²) in [6.07, 6.45) is 3.81. The van der Waals surface area contributed by atoms with Crippen molar-refractivity contribution in [3.05, 3.63) is 48.2 Å². The average molecular weight is 313 g/mol. The van der Waals surface area contributed by atoms with Gasteiger partial charge in [0.2, 0.25) is 5.91 Å². The molecule has 0 radical (unpaired) electrons. The number of rotatable bonds is 5. The number of likely N-dealkylation sites (tertiary alicyclic amines) is 1. The summed E-state index contributed by atoms with van der Waals surface area (Å²) in [5, 5.41) is 0. The van der Waals surface area contributed by atoms with Crippen LogP contribution >= 0.6 is 0 Å². The van der Waals surface area contributed by atoms with Gasteiger partial charge in [-0.1, -0.05) is 36.9 Å². The highest BCUT2D eigenvalue weighted by atomic mass is 16.5. The second-order valence-electron chi connectivity index (χ2n) is 6.73. The third kappa shape index (κ3) is 3.16. The molecule has 1 saturated carbocycles. The van der Waals surface area contributed by atoms with Crippen LogP contribution in [0.25, 0.3) is 0 Å². The maximum absolute atomic E-state index is 11.8. The summed E-state index contributed by atoms with van der Waals surface area (Å²) in [4.78, 5) is 24.8. The lowest BCUT2D eigenvalue weighted by Crippen LogP contribution is -2.51. The number of aldehydes is 1. The van der Waals surface area contributed by atoms with Crippen LogP contribution in [-0.4, -0.2) is 29.7 Å². The molecule has 0 aromatic heterocycles. The number of hydrogen-bond acceptors (Lipinski definition) is 3. The maximum atomic E-state index is 11.8. The minimum atomic E-state index is -0.298. The Morgan fingerprint density at radius 2 is 2.09 bits per heavy atom. The summed E-state index contributed by atoms with van der Waals surface area (Å²) in [5.41, 5.74) is 1.20. The van der Waals surface area contributed by atoms with Gasteiger partial charge < -0.3 is 14.4 Å². The van der Waals surface area contributed by atoms with Crippen molar-refractivity contribution in [2.75, 3.05) is 6.54 Å². The van der Waals surface area contributed by atoms with Gasteiger partial charge in [0.25, 0.3) is 0 Å². The highest BCUT2D eigenvalue weighted by molar-refractivity contribution is 5.78. The van der Waals surface area contributed by atoms with Crippen molar-refractivity contribution in [2.24, 2.45) is 11.3 Å². The van der Waals surface area contributed by atoms with Gasteiger partial charge in [-0.25, -0.2) is 0 Å². The van der Waals surface area contributed by atoms with Gasteiger partial charge in [0.1, 0.15) is 12.9 Å². The zero-order valence-corrected chi connectivity index (χ0v) is 13.5. The molecule has 2 fully saturated rings. The molecule has 23 heavy (non-hydrogen) atoms. The fraction of sp³-hybridized carbons (Fsp3) is 0.474. The van der Waals surface area contributed by atoms with Crippen LogP contribution in [0.15, 0.2) is 42.7 Å². The van der Waals surface area contributed by atoms with Crippen molar-refractivity contribution in [1.82, 2.24) is 4.90 Å². The first-order valence-corrected chi connectivity index (χ1v) is 8.14. The van der Waals surface area contributed by atoms with E-state index in [9.17, 15) is 9.59 Å². The molecule has 1 aromatic rings. The van der Waals surface area contributed by atoms with Crippen LogP contribution in [0.3, 0.4) is 0 Å². The summed E-state index contributed by atoms with van der Waals surface area (Å²) < 4.78 is 5.92. The predicted octanol–water partition coefficient (Wildman–Crippen LogP) is 2.93. The van der Waals surface area contributed by atoms with Gasteiger partial charge in [-0.2, -0.15) is 0 Å². The molecule has 2 atom stereocenters. The third-order valence-electron chi connectivity index (χ3n) is 5.24. The number of carbonyl (C=O) groups is 2. The quantitative estimate of drug-likeness (QED) is 0.620. The summed E-state index contributed by atoms with van der Waals surface area (Å²) in [6.45, 7) is 6.67. The number of piperidine rings is 1. The van der Waals surface area contributed by atoms with Crippen LogP contribution in [0.4, 0.5) is 0 Å². The Kier molecular flexibility index (Phi) is 4.24. The van der Waals surface area contributed by atoms with Crippen molar-refractivity contribution in [2.45, 2.75) is 38.8 Å². The number of hydrogen-bond donors (Lipinski definition) is 0. The first-order chi connectivity index (χ1) is 11.1. The molecule has 3 rings (SSSR count). The van der Waals surface area contributed by atoms with Crippen molar-refractivity contribution < 1.29 is 14.3 Å². The summed E-state index contributed by atoms with van der Waals surface area (Å²) in [6, 6.07) is 9.68. The van der Waals surface area contributed by atoms with Crippen LogP contribution in [0.1, 0.15) is 31.7 Å². The van der Waals surface area contributed by atoms with E-state index in [0.29, 0.717) is 13.2 Å².